The van der Waals surface area contributed by atoms with Crippen LogP contribution >= 0.6 is 11.6 Å². The molecule has 4 heteroatoms. The fourth-order valence-electron chi connectivity index (χ4n) is 3.12. The molecule has 3 nitrogen and oxygen atoms in total. The quantitative estimate of drug-likeness (QED) is 0.883. The summed E-state index contributed by atoms with van der Waals surface area (Å²) in [4.78, 5) is 6.64. The van der Waals surface area contributed by atoms with Crippen molar-refractivity contribution < 1.29 is 5.11 Å². The number of rotatable bonds is 4. The number of aliphatic imine (C=N–C) groups is 1. The van der Waals surface area contributed by atoms with Gasteiger partial charge in [0.1, 0.15) is 5.84 Å². The van der Waals surface area contributed by atoms with Crippen LogP contribution in [0.4, 0.5) is 5.69 Å². The van der Waals surface area contributed by atoms with E-state index in [4.69, 9.17) is 11.6 Å². The van der Waals surface area contributed by atoms with Crippen LogP contribution in [0.3, 0.4) is 0 Å². The fourth-order valence-corrected chi connectivity index (χ4v) is 3.29. The molecule has 0 amide bonds. The first kappa shape index (κ1) is 16.0. The van der Waals surface area contributed by atoms with Gasteiger partial charge in [0, 0.05) is 22.7 Å². The zero-order valence-electron chi connectivity index (χ0n) is 13.5. The molecule has 0 fully saturated rings. The lowest BCUT2D eigenvalue weighted by Crippen LogP contribution is -2.51. The third-order valence-corrected chi connectivity index (χ3v) is 4.54. The largest absolute Gasteiger partial charge is 0.363 e. The van der Waals surface area contributed by atoms with Gasteiger partial charge in [-0.1, -0.05) is 55.3 Å². The van der Waals surface area contributed by atoms with Gasteiger partial charge >= 0.3 is 0 Å². The number of hydrogen-bond acceptors (Lipinski definition) is 3. The average Bonchev–Trinajstić information content (AvgIpc) is 2.56. The lowest BCUT2D eigenvalue weighted by atomic mass is 9.89. The van der Waals surface area contributed by atoms with Gasteiger partial charge in [0.2, 0.25) is 0 Å². The Hall–Kier alpha value is -1.84. The van der Waals surface area contributed by atoms with E-state index in [1.807, 2.05) is 60.4 Å². The number of nitrogens with zero attached hydrogens (tertiary/aromatic N) is 2. The molecule has 1 heterocycles. The molecule has 0 saturated heterocycles. The maximum Gasteiger partial charge on any atom is 0.194 e. The van der Waals surface area contributed by atoms with Gasteiger partial charge in [0.15, 0.2) is 5.72 Å². The fraction of sp³-hybridized carbons (Fsp3) is 0.316. The van der Waals surface area contributed by atoms with Crippen LogP contribution in [0, 0.1) is 0 Å². The molecule has 1 N–H and O–H groups in total. The topological polar surface area (TPSA) is 35.8 Å². The number of aliphatic hydroxyl groups is 1. The molecule has 0 radical (unpaired) electrons. The predicted molar refractivity (Wildman–Crippen MR) is 95.3 cm³/mol. The van der Waals surface area contributed by atoms with Gasteiger partial charge in [-0.2, -0.15) is 0 Å². The van der Waals surface area contributed by atoms with E-state index in [0.717, 1.165) is 42.0 Å². The summed E-state index contributed by atoms with van der Waals surface area (Å²) in [5.74, 6) is 0.819. The van der Waals surface area contributed by atoms with Gasteiger partial charge in [-0.25, -0.2) is 4.99 Å². The van der Waals surface area contributed by atoms with E-state index in [2.05, 4.69) is 11.9 Å². The second-order valence-electron chi connectivity index (χ2n) is 5.86. The molecule has 1 unspecified atom stereocenters. The molecule has 0 spiro atoms. The minimum Gasteiger partial charge on any atom is -0.363 e. The summed E-state index contributed by atoms with van der Waals surface area (Å²) < 4.78 is 0. The zero-order valence-corrected chi connectivity index (χ0v) is 14.2. The van der Waals surface area contributed by atoms with Gasteiger partial charge < -0.3 is 10.0 Å². The van der Waals surface area contributed by atoms with Crippen molar-refractivity contribution in [1.82, 2.24) is 4.90 Å². The van der Waals surface area contributed by atoms with Crippen LogP contribution in [0.25, 0.3) is 0 Å². The van der Waals surface area contributed by atoms with Crippen LogP contribution in [0.1, 0.15) is 37.8 Å². The first-order valence-corrected chi connectivity index (χ1v) is 8.36. The van der Waals surface area contributed by atoms with Gasteiger partial charge in [-0.05, 0) is 31.5 Å². The molecule has 1 atom stereocenters. The highest BCUT2D eigenvalue weighted by Crippen LogP contribution is 2.43. The minimum absolute atomic E-state index is 0.600. The molecule has 0 bridgehead atoms. The third-order valence-electron chi connectivity index (χ3n) is 4.31. The van der Waals surface area contributed by atoms with Crippen molar-refractivity contribution in [3.05, 3.63) is 64.7 Å². The van der Waals surface area contributed by atoms with Crippen molar-refractivity contribution in [3.8, 4) is 0 Å². The molecule has 1 aliphatic heterocycles. The Labute approximate surface area is 142 Å². The van der Waals surface area contributed by atoms with E-state index in [1.54, 1.807) is 0 Å². The van der Waals surface area contributed by atoms with Crippen molar-refractivity contribution in [2.24, 2.45) is 4.99 Å². The van der Waals surface area contributed by atoms with E-state index >= 15 is 0 Å². The van der Waals surface area contributed by atoms with Crippen LogP contribution in [0.15, 0.2) is 53.5 Å². The highest BCUT2D eigenvalue weighted by molar-refractivity contribution is 6.30. The second-order valence-corrected chi connectivity index (χ2v) is 6.30. The maximum atomic E-state index is 11.8. The first-order valence-electron chi connectivity index (χ1n) is 7.98. The molecular weight excluding hydrogens is 308 g/mol. The number of hydrogen-bond donors (Lipinski definition) is 1. The number of halogens is 1. The highest BCUT2D eigenvalue weighted by atomic mass is 35.5. The summed E-state index contributed by atoms with van der Waals surface area (Å²) in [6.45, 7) is 4.83. The van der Waals surface area contributed by atoms with Gasteiger partial charge in [-0.3, -0.25) is 0 Å². The summed E-state index contributed by atoms with van der Waals surface area (Å²) in [7, 11) is 0. The van der Waals surface area contributed by atoms with E-state index in [9.17, 15) is 5.11 Å². The summed E-state index contributed by atoms with van der Waals surface area (Å²) in [5.41, 5.74) is 1.08. The maximum absolute atomic E-state index is 11.8. The molecule has 2 aromatic rings. The summed E-state index contributed by atoms with van der Waals surface area (Å²) in [6, 6.07) is 15.2. The van der Waals surface area contributed by atoms with E-state index < -0.39 is 5.72 Å². The SMILES string of the molecule is CCCCN1C(C)=Nc2ccc(Cl)cc2C1(O)c1ccccc1. The second kappa shape index (κ2) is 6.34. The standard InChI is InChI=1S/C19H21ClN2O/c1-3-4-12-22-14(2)21-18-11-10-16(20)13-17(18)19(22,23)15-8-6-5-7-9-15/h5-11,13,23H,3-4,12H2,1-2H3. The number of benzene rings is 2. The predicted octanol–water partition coefficient (Wildman–Crippen LogP) is 4.70. The average molecular weight is 329 g/mol. The Morgan fingerprint density at radius 3 is 2.61 bits per heavy atom. The monoisotopic (exact) mass is 328 g/mol. The van der Waals surface area contributed by atoms with Crippen LogP contribution in [0.2, 0.25) is 5.02 Å². The van der Waals surface area contributed by atoms with Crippen molar-refractivity contribution >= 4 is 23.1 Å². The van der Waals surface area contributed by atoms with E-state index in [0.29, 0.717) is 5.02 Å². The lowest BCUT2D eigenvalue weighted by molar-refractivity contribution is -0.0406. The van der Waals surface area contributed by atoms with Gasteiger partial charge in [0.05, 0.1) is 5.69 Å². The third kappa shape index (κ3) is 2.75. The molecular formula is C19H21ClN2O. The van der Waals surface area contributed by atoms with Gasteiger partial charge in [0.25, 0.3) is 0 Å². The lowest BCUT2D eigenvalue weighted by Gasteiger charge is -2.44. The van der Waals surface area contributed by atoms with Crippen molar-refractivity contribution in [1.29, 1.82) is 0 Å². The normalized spacial score (nSPS) is 20.2. The minimum atomic E-state index is -1.25. The summed E-state index contributed by atoms with van der Waals surface area (Å²) in [6.07, 6.45) is 2.04. The number of fused-ring (bicyclic) bond motifs is 1. The van der Waals surface area contributed by atoms with Crippen LogP contribution in [-0.2, 0) is 5.72 Å². The number of unbranched alkanes of at least 4 members (excludes halogenated alkanes) is 1. The van der Waals surface area contributed by atoms with Crippen LogP contribution in [0.5, 0.6) is 0 Å². The molecule has 23 heavy (non-hydrogen) atoms. The smallest absolute Gasteiger partial charge is 0.194 e. The first-order chi connectivity index (χ1) is 11.1. The summed E-state index contributed by atoms with van der Waals surface area (Å²) in [5, 5.41) is 12.4. The Balaban J connectivity index is 2.22. The van der Waals surface area contributed by atoms with E-state index in [1.165, 1.54) is 0 Å². The molecule has 0 aromatic heterocycles. The molecule has 3 rings (SSSR count). The Kier molecular flexibility index (Phi) is 4.42. The van der Waals surface area contributed by atoms with Crippen LogP contribution in [-0.4, -0.2) is 22.4 Å². The Bertz CT molecular complexity index is 729. The zero-order chi connectivity index (χ0) is 16.4. The molecule has 2 aromatic carbocycles. The number of amidine groups is 1. The molecule has 1 aliphatic rings. The summed E-state index contributed by atoms with van der Waals surface area (Å²) >= 11 is 6.20. The Morgan fingerprint density at radius 2 is 1.91 bits per heavy atom. The van der Waals surface area contributed by atoms with Crippen molar-refractivity contribution in [3.63, 3.8) is 0 Å². The molecule has 0 aliphatic carbocycles. The molecule has 120 valence electrons. The molecule has 0 saturated carbocycles. The van der Waals surface area contributed by atoms with E-state index in [-0.39, 0.29) is 0 Å². The van der Waals surface area contributed by atoms with Gasteiger partial charge in [-0.15, -0.1) is 0 Å². The van der Waals surface area contributed by atoms with Crippen molar-refractivity contribution in [2.75, 3.05) is 6.54 Å². The highest BCUT2D eigenvalue weighted by Gasteiger charge is 2.43. The van der Waals surface area contributed by atoms with Crippen LogP contribution < -0.4 is 0 Å². The Morgan fingerprint density at radius 1 is 1.17 bits per heavy atom. The van der Waals surface area contributed by atoms with Crippen molar-refractivity contribution in [2.45, 2.75) is 32.4 Å².